The van der Waals surface area contributed by atoms with Crippen molar-refractivity contribution in [3.8, 4) is 22.7 Å². The second-order valence-corrected chi connectivity index (χ2v) is 10.4. The first-order valence-corrected chi connectivity index (χ1v) is 13.5. The first-order chi connectivity index (χ1) is 19.6. The van der Waals surface area contributed by atoms with E-state index in [1.54, 1.807) is 28.2 Å². The highest BCUT2D eigenvalue weighted by atomic mass is 32.2. The predicted molar refractivity (Wildman–Crippen MR) is 154 cm³/mol. The number of ether oxygens (including phenoxy) is 1. The number of pyridine rings is 1. The molecule has 2 aromatic heterocycles. The molecule has 0 atom stereocenters. The van der Waals surface area contributed by atoms with Crippen LogP contribution >= 0.6 is 11.8 Å². The van der Waals surface area contributed by atoms with E-state index in [4.69, 9.17) is 4.99 Å². The van der Waals surface area contributed by atoms with Crippen molar-refractivity contribution in [2.45, 2.75) is 20.2 Å². The minimum Gasteiger partial charge on any atom is -0.406 e. The zero-order valence-corrected chi connectivity index (χ0v) is 22.7. The Labute approximate surface area is 237 Å². The van der Waals surface area contributed by atoms with Crippen molar-refractivity contribution in [1.29, 1.82) is 0 Å². The maximum atomic E-state index is 12.8. The molecule has 1 fully saturated rings. The van der Waals surface area contributed by atoms with Crippen LogP contribution < -0.4 is 9.64 Å². The lowest BCUT2D eigenvalue weighted by molar-refractivity contribution is -0.274. The van der Waals surface area contributed by atoms with Crippen LogP contribution in [0.25, 0.3) is 27.7 Å². The van der Waals surface area contributed by atoms with Gasteiger partial charge in [0, 0.05) is 29.0 Å². The number of amidine groups is 1. The highest BCUT2D eigenvalue weighted by Crippen LogP contribution is 2.34. The maximum Gasteiger partial charge on any atom is 0.573 e. The number of benzene rings is 3. The average molecular weight is 574 g/mol. The van der Waals surface area contributed by atoms with E-state index in [9.17, 15) is 18.0 Å². The number of imidazole rings is 1. The average Bonchev–Trinajstić information content (AvgIpc) is 3.56. The van der Waals surface area contributed by atoms with Gasteiger partial charge in [0.25, 0.3) is 0 Å². The highest BCUT2D eigenvalue weighted by molar-refractivity contribution is 8.15. The number of thioether (sulfide) groups is 1. The van der Waals surface area contributed by atoms with Gasteiger partial charge in [0.05, 0.1) is 23.5 Å². The summed E-state index contributed by atoms with van der Waals surface area (Å²) in [7, 11) is 0. The number of aliphatic imine (C=N–C) groups is 1. The number of amides is 1. The van der Waals surface area contributed by atoms with Crippen LogP contribution in [0.15, 0.2) is 90.4 Å². The van der Waals surface area contributed by atoms with Gasteiger partial charge in [-0.1, -0.05) is 42.1 Å². The number of alkyl halides is 3. The van der Waals surface area contributed by atoms with Crippen molar-refractivity contribution in [2.24, 2.45) is 4.99 Å². The van der Waals surface area contributed by atoms with Crippen molar-refractivity contribution in [2.75, 3.05) is 10.7 Å². The fraction of sp³-hybridized carbons (Fsp3) is 0.133. The molecule has 0 saturated carbocycles. The zero-order valence-electron chi connectivity index (χ0n) is 21.9. The number of hydrogen-bond acceptors (Lipinski definition) is 6. The molecule has 1 amide bonds. The Morgan fingerprint density at radius 3 is 2.44 bits per heavy atom. The number of para-hydroxylation sites is 1. The van der Waals surface area contributed by atoms with Crippen molar-refractivity contribution < 1.29 is 22.7 Å². The summed E-state index contributed by atoms with van der Waals surface area (Å²) in [6, 6.07) is 19.2. The van der Waals surface area contributed by atoms with Crippen molar-refractivity contribution in [3.05, 3.63) is 96.6 Å². The summed E-state index contributed by atoms with van der Waals surface area (Å²) >= 11 is 1.39. The van der Waals surface area contributed by atoms with E-state index >= 15 is 0 Å². The number of nitrogens with zero attached hydrogens (tertiary/aromatic N) is 5. The summed E-state index contributed by atoms with van der Waals surface area (Å²) in [5, 5.41) is 2.41. The quantitative estimate of drug-likeness (QED) is 0.220. The number of aromatic nitrogens is 3. The lowest BCUT2D eigenvalue weighted by Crippen LogP contribution is -2.30. The van der Waals surface area contributed by atoms with Gasteiger partial charge in [-0.3, -0.25) is 9.69 Å². The molecule has 0 radical (unpaired) electrons. The molecule has 0 aliphatic carbocycles. The van der Waals surface area contributed by atoms with Crippen molar-refractivity contribution in [3.63, 3.8) is 0 Å². The molecular weight excluding hydrogens is 551 g/mol. The molecule has 6 rings (SSSR count). The van der Waals surface area contributed by atoms with Crippen molar-refractivity contribution >= 4 is 45.1 Å². The van der Waals surface area contributed by atoms with Gasteiger partial charge in [-0.25, -0.2) is 15.0 Å². The highest BCUT2D eigenvalue weighted by Gasteiger charge is 2.32. The number of halogens is 3. The van der Waals surface area contributed by atoms with Gasteiger partial charge in [0.1, 0.15) is 5.75 Å². The number of aryl methyl sites for hydroxylation is 2. The number of rotatable bonds is 5. The summed E-state index contributed by atoms with van der Waals surface area (Å²) in [6.07, 6.45) is 0.390. The molecule has 5 aromatic rings. The van der Waals surface area contributed by atoms with Crippen molar-refractivity contribution in [1.82, 2.24) is 14.5 Å². The molecule has 3 heterocycles. The van der Waals surface area contributed by atoms with E-state index in [0.29, 0.717) is 28.1 Å². The molecule has 0 spiro atoms. The van der Waals surface area contributed by atoms with E-state index in [-0.39, 0.29) is 11.7 Å². The molecule has 1 aliphatic heterocycles. The van der Waals surface area contributed by atoms with E-state index in [1.807, 2.05) is 56.3 Å². The SMILES string of the molecule is Cc1cccc(C)c1N1C(=O)CS/C1=N\c1cc2ccc(-c3cn(-c4ccc(OC(F)(F)F)cc4)cn3)cc2cn1. The predicted octanol–water partition coefficient (Wildman–Crippen LogP) is 7.37. The Kier molecular flexibility index (Phi) is 6.74. The summed E-state index contributed by atoms with van der Waals surface area (Å²) < 4.78 is 43.0. The number of hydrogen-bond donors (Lipinski definition) is 0. The zero-order chi connectivity index (χ0) is 28.7. The Bertz CT molecular complexity index is 1800. The molecule has 1 saturated heterocycles. The molecule has 0 N–H and O–H groups in total. The number of fused-ring (bicyclic) bond motifs is 1. The van der Waals surface area contributed by atoms with Crippen LogP contribution in [0.2, 0.25) is 0 Å². The van der Waals surface area contributed by atoms with Gasteiger partial charge in [-0.05, 0) is 66.8 Å². The minimum absolute atomic E-state index is 0.0124. The lowest BCUT2D eigenvalue weighted by Gasteiger charge is -2.20. The smallest absolute Gasteiger partial charge is 0.406 e. The van der Waals surface area contributed by atoms with Crippen LogP contribution in [0, 0.1) is 13.8 Å². The summed E-state index contributed by atoms with van der Waals surface area (Å²) in [5.74, 6) is 0.522. The third kappa shape index (κ3) is 5.53. The van der Waals surface area contributed by atoms with E-state index in [1.165, 1.54) is 36.0 Å². The van der Waals surface area contributed by atoms with Crippen LogP contribution in [-0.2, 0) is 4.79 Å². The summed E-state index contributed by atoms with van der Waals surface area (Å²) in [5.41, 5.74) is 5.05. The fourth-order valence-electron chi connectivity index (χ4n) is 4.70. The first-order valence-electron chi connectivity index (χ1n) is 12.6. The molecule has 41 heavy (non-hydrogen) atoms. The van der Waals surface area contributed by atoms with Crippen LogP contribution in [0.5, 0.6) is 5.75 Å². The monoisotopic (exact) mass is 573 g/mol. The normalized spacial score (nSPS) is 14.8. The second-order valence-electron chi connectivity index (χ2n) is 9.46. The molecule has 7 nitrogen and oxygen atoms in total. The Morgan fingerprint density at radius 2 is 1.71 bits per heavy atom. The van der Waals surface area contributed by atoms with Gasteiger partial charge in [0.15, 0.2) is 11.0 Å². The molecule has 0 bridgehead atoms. The summed E-state index contributed by atoms with van der Waals surface area (Å²) in [6.45, 7) is 3.96. The first kappa shape index (κ1) is 26.6. The number of carbonyl (C=O) groups is 1. The van der Waals surface area contributed by atoms with E-state index < -0.39 is 6.36 Å². The van der Waals surface area contributed by atoms with Crippen LogP contribution in [0.1, 0.15) is 11.1 Å². The van der Waals surface area contributed by atoms with Gasteiger partial charge in [0.2, 0.25) is 5.91 Å². The van der Waals surface area contributed by atoms with Crippen LogP contribution in [-0.4, -0.2) is 37.7 Å². The van der Waals surface area contributed by atoms with Gasteiger partial charge in [-0.2, -0.15) is 0 Å². The molecule has 0 unspecified atom stereocenters. The maximum absolute atomic E-state index is 12.8. The molecule has 3 aromatic carbocycles. The fourth-order valence-corrected chi connectivity index (χ4v) is 5.57. The van der Waals surface area contributed by atoms with E-state index in [2.05, 4.69) is 14.7 Å². The van der Waals surface area contributed by atoms with Gasteiger partial charge >= 0.3 is 6.36 Å². The van der Waals surface area contributed by atoms with Crippen LogP contribution in [0.3, 0.4) is 0 Å². The lowest BCUT2D eigenvalue weighted by atomic mass is 10.1. The Hall–Kier alpha value is -4.64. The van der Waals surface area contributed by atoms with E-state index in [0.717, 1.165) is 33.2 Å². The summed E-state index contributed by atoms with van der Waals surface area (Å²) in [4.78, 5) is 28.2. The molecule has 11 heteroatoms. The molecule has 206 valence electrons. The largest absolute Gasteiger partial charge is 0.573 e. The minimum atomic E-state index is -4.74. The Morgan fingerprint density at radius 1 is 0.951 bits per heavy atom. The van der Waals surface area contributed by atoms with Gasteiger partial charge < -0.3 is 9.30 Å². The standard InChI is InChI=1S/C30H22F3N5O2S/c1-18-4-3-5-19(2)28(18)38-27(39)16-41-29(38)36-26-13-20-6-7-21(12-22(20)14-34-26)25-15-37(17-35-25)23-8-10-24(11-9-23)40-30(31,32)33/h3-15,17H,16H2,1-2H3/b36-29-. The third-order valence-electron chi connectivity index (χ3n) is 6.59. The third-order valence-corrected chi connectivity index (χ3v) is 7.52. The topological polar surface area (TPSA) is 72.6 Å². The number of anilines is 1. The number of carbonyl (C=O) groups excluding carboxylic acids is 1. The molecule has 1 aliphatic rings. The van der Waals surface area contributed by atoms with Crippen LogP contribution in [0.4, 0.5) is 24.7 Å². The molecular formula is C30H22F3N5O2S. The van der Waals surface area contributed by atoms with Gasteiger partial charge in [-0.15, -0.1) is 13.2 Å². The Balaban J connectivity index is 1.25. The second kappa shape index (κ2) is 10.4.